The van der Waals surface area contributed by atoms with Crippen molar-refractivity contribution in [2.45, 2.75) is 19.8 Å². The van der Waals surface area contributed by atoms with E-state index in [9.17, 15) is 9.59 Å². The van der Waals surface area contributed by atoms with E-state index in [1.165, 1.54) is 23.8 Å². The van der Waals surface area contributed by atoms with Crippen molar-refractivity contribution in [2.75, 3.05) is 16.8 Å². The molecule has 5 nitrogen and oxygen atoms in total. The van der Waals surface area contributed by atoms with E-state index in [1.54, 1.807) is 0 Å². The minimum atomic E-state index is -0.157. The van der Waals surface area contributed by atoms with Gasteiger partial charge in [-0.1, -0.05) is 18.2 Å². The molecule has 108 valence electrons. The van der Waals surface area contributed by atoms with E-state index in [1.807, 2.05) is 28.5 Å². The molecule has 1 aromatic carbocycles. The molecule has 1 N–H and O–H groups in total. The van der Waals surface area contributed by atoms with Crippen LogP contribution in [-0.4, -0.2) is 23.3 Å². The SMILES string of the molecule is CC(=O)Nc1nc(CC(=O)N2CCc3ccccc32)cs1. The third-order valence-corrected chi connectivity index (χ3v) is 4.16. The largest absolute Gasteiger partial charge is 0.311 e. The van der Waals surface area contributed by atoms with Crippen molar-refractivity contribution in [3.8, 4) is 0 Å². The topological polar surface area (TPSA) is 62.3 Å². The average Bonchev–Trinajstić information content (AvgIpc) is 3.04. The molecule has 2 aromatic rings. The first-order chi connectivity index (χ1) is 10.1. The third kappa shape index (κ3) is 2.95. The highest BCUT2D eigenvalue weighted by atomic mass is 32.1. The molecule has 2 heterocycles. The second-order valence-corrected chi connectivity index (χ2v) is 5.78. The lowest BCUT2D eigenvalue weighted by molar-refractivity contribution is -0.118. The Labute approximate surface area is 126 Å². The number of carbonyl (C=O) groups is 2. The Kier molecular flexibility index (Phi) is 3.70. The molecule has 0 aliphatic carbocycles. The fourth-order valence-electron chi connectivity index (χ4n) is 2.44. The van der Waals surface area contributed by atoms with E-state index in [0.29, 0.717) is 10.8 Å². The van der Waals surface area contributed by atoms with E-state index >= 15 is 0 Å². The van der Waals surface area contributed by atoms with Gasteiger partial charge in [-0.15, -0.1) is 11.3 Å². The van der Waals surface area contributed by atoms with Gasteiger partial charge >= 0.3 is 0 Å². The minimum Gasteiger partial charge on any atom is -0.311 e. The van der Waals surface area contributed by atoms with Crippen molar-refractivity contribution in [3.05, 3.63) is 40.9 Å². The van der Waals surface area contributed by atoms with Crippen molar-refractivity contribution >= 4 is 34.0 Å². The van der Waals surface area contributed by atoms with Gasteiger partial charge in [0, 0.05) is 24.5 Å². The van der Waals surface area contributed by atoms with Crippen molar-refractivity contribution in [3.63, 3.8) is 0 Å². The summed E-state index contributed by atoms with van der Waals surface area (Å²) in [7, 11) is 0. The van der Waals surface area contributed by atoms with E-state index in [0.717, 1.165) is 18.7 Å². The number of hydrogen-bond donors (Lipinski definition) is 1. The zero-order chi connectivity index (χ0) is 14.8. The Morgan fingerprint density at radius 2 is 2.19 bits per heavy atom. The summed E-state index contributed by atoms with van der Waals surface area (Å²) in [6.45, 7) is 2.16. The van der Waals surface area contributed by atoms with Gasteiger partial charge < -0.3 is 10.2 Å². The number of nitrogens with one attached hydrogen (secondary N) is 1. The van der Waals surface area contributed by atoms with Gasteiger partial charge in [0.2, 0.25) is 11.8 Å². The van der Waals surface area contributed by atoms with Crippen molar-refractivity contribution < 1.29 is 9.59 Å². The normalized spacial score (nSPS) is 13.1. The molecule has 0 unspecified atom stereocenters. The van der Waals surface area contributed by atoms with Crippen molar-refractivity contribution in [1.29, 1.82) is 0 Å². The number of hydrogen-bond acceptors (Lipinski definition) is 4. The molecule has 0 atom stereocenters. The number of anilines is 2. The molecular weight excluding hydrogens is 286 g/mol. The van der Waals surface area contributed by atoms with Crippen LogP contribution in [0.4, 0.5) is 10.8 Å². The summed E-state index contributed by atoms with van der Waals surface area (Å²) in [5.74, 6) is -0.115. The Bertz CT molecular complexity index is 696. The second kappa shape index (κ2) is 5.65. The number of fused-ring (bicyclic) bond motifs is 1. The lowest BCUT2D eigenvalue weighted by atomic mass is 10.2. The van der Waals surface area contributed by atoms with Gasteiger partial charge in [0.15, 0.2) is 5.13 Å². The first-order valence-corrected chi connectivity index (χ1v) is 7.62. The Morgan fingerprint density at radius 1 is 1.38 bits per heavy atom. The van der Waals surface area contributed by atoms with E-state index in [2.05, 4.69) is 16.4 Å². The summed E-state index contributed by atoms with van der Waals surface area (Å²) in [5.41, 5.74) is 2.90. The molecule has 2 amide bonds. The molecule has 1 aliphatic rings. The molecule has 0 saturated heterocycles. The number of carbonyl (C=O) groups excluding carboxylic acids is 2. The molecule has 0 radical (unpaired) electrons. The van der Waals surface area contributed by atoms with E-state index in [-0.39, 0.29) is 18.2 Å². The fourth-order valence-corrected chi connectivity index (χ4v) is 3.20. The highest BCUT2D eigenvalue weighted by Gasteiger charge is 2.24. The van der Waals surface area contributed by atoms with E-state index in [4.69, 9.17) is 0 Å². The lowest BCUT2D eigenvalue weighted by Gasteiger charge is -2.16. The van der Waals surface area contributed by atoms with Crippen molar-refractivity contribution in [1.82, 2.24) is 4.98 Å². The summed E-state index contributed by atoms with van der Waals surface area (Å²) in [5, 5.41) is 4.97. The van der Waals surface area contributed by atoms with Crippen LogP contribution in [0.5, 0.6) is 0 Å². The zero-order valence-electron chi connectivity index (χ0n) is 11.6. The van der Waals surface area contributed by atoms with Crippen LogP contribution in [-0.2, 0) is 22.4 Å². The summed E-state index contributed by atoms with van der Waals surface area (Å²) >= 11 is 1.33. The van der Waals surface area contributed by atoms with Gasteiger partial charge in [0.25, 0.3) is 0 Å². The van der Waals surface area contributed by atoms with Gasteiger partial charge in [-0.2, -0.15) is 0 Å². The number of nitrogens with zero attached hydrogens (tertiary/aromatic N) is 2. The van der Waals surface area contributed by atoms with Crippen LogP contribution >= 0.6 is 11.3 Å². The number of para-hydroxylation sites is 1. The Balaban J connectivity index is 1.70. The van der Waals surface area contributed by atoms with Crippen LogP contribution < -0.4 is 10.2 Å². The molecule has 1 aliphatic heterocycles. The van der Waals surface area contributed by atoms with Crippen LogP contribution in [0.1, 0.15) is 18.2 Å². The molecule has 0 saturated carbocycles. The van der Waals surface area contributed by atoms with Crippen LogP contribution in [0, 0.1) is 0 Å². The van der Waals surface area contributed by atoms with Gasteiger partial charge in [0.05, 0.1) is 12.1 Å². The summed E-state index contributed by atoms with van der Waals surface area (Å²) < 4.78 is 0. The fraction of sp³-hybridized carbons (Fsp3) is 0.267. The maximum atomic E-state index is 12.4. The van der Waals surface area contributed by atoms with Crippen molar-refractivity contribution in [2.24, 2.45) is 0 Å². The molecule has 21 heavy (non-hydrogen) atoms. The number of rotatable bonds is 3. The second-order valence-electron chi connectivity index (χ2n) is 4.93. The molecule has 6 heteroatoms. The smallest absolute Gasteiger partial charge is 0.233 e. The predicted octanol–water partition coefficient (Wildman–Crippen LogP) is 2.23. The number of amides is 2. The minimum absolute atomic E-state index is 0.0413. The maximum absolute atomic E-state index is 12.4. The average molecular weight is 301 g/mol. The maximum Gasteiger partial charge on any atom is 0.233 e. The van der Waals surface area contributed by atoms with Crippen LogP contribution in [0.25, 0.3) is 0 Å². The molecule has 1 aromatic heterocycles. The number of aromatic nitrogens is 1. The van der Waals surface area contributed by atoms with Gasteiger partial charge in [-0.3, -0.25) is 9.59 Å². The lowest BCUT2D eigenvalue weighted by Crippen LogP contribution is -2.30. The Hall–Kier alpha value is -2.21. The van der Waals surface area contributed by atoms with Crippen LogP contribution in [0.15, 0.2) is 29.6 Å². The number of thiazole rings is 1. The van der Waals surface area contributed by atoms with Gasteiger partial charge in [-0.05, 0) is 18.1 Å². The summed E-state index contributed by atoms with van der Waals surface area (Å²) in [4.78, 5) is 29.5. The standard InChI is InChI=1S/C15H15N3O2S/c1-10(19)16-15-17-12(9-21-15)8-14(20)18-7-6-11-4-2-3-5-13(11)18/h2-5,9H,6-8H2,1H3,(H,16,17,19). The van der Waals surface area contributed by atoms with Crippen LogP contribution in [0.3, 0.4) is 0 Å². The predicted molar refractivity (Wildman–Crippen MR) is 82.6 cm³/mol. The highest BCUT2D eigenvalue weighted by Crippen LogP contribution is 2.28. The monoisotopic (exact) mass is 301 g/mol. The third-order valence-electron chi connectivity index (χ3n) is 3.36. The summed E-state index contributed by atoms with van der Waals surface area (Å²) in [6, 6.07) is 7.97. The zero-order valence-corrected chi connectivity index (χ0v) is 12.4. The molecule has 3 rings (SSSR count). The number of benzene rings is 1. The molecule has 0 spiro atoms. The van der Waals surface area contributed by atoms with Gasteiger partial charge in [-0.25, -0.2) is 4.98 Å². The van der Waals surface area contributed by atoms with Gasteiger partial charge in [0.1, 0.15) is 0 Å². The first kappa shape index (κ1) is 13.8. The van der Waals surface area contributed by atoms with Crippen LogP contribution in [0.2, 0.25) is 0 Å². The molecule has 0 bridgehead atoms. The Morgan fingerprint density at radius 3 is 3.00 bits per heavy atom. The van der Waals surface area contributed by atoms with E-state index < -0.39 is 0 Å². The quantitative estimate of drug-likeness (QED) is 0.945. The molecular formula is C15H15N3O2S. The first-order valence-electron chi connectivity index (χ1n) is 6.74. The molecule has 0 fully saturated rings. The highest BCUT2D eigenvalue weighted by molar-refractivity contribution is 7.13. The summed E-state index contributed by atoms with van der Waals surface area (Å²) in [6.07, 6.45) is 1.15.